The molecule has 1 aliphatic heterocycles. The number of Topliss-reactive ketones (excluding diaryl/α,β-unsaturated/α-hetero) is 1. The number of hydrogen-bond acceptors (Lipinski definition) is 4. The van der Waals surface area contributed by atoms with E-state index in [1.54, 1.807) is 6.20 Å². The molecule has 2 N–H and O–H groups in total. The van der Waals surface area contributed by atoms with Crippen LogP contribution in [0.1, 0.15) is 78.4 Å². The molecule has 1 saturated carbocycles. The fourth-order valence-corrected chi connectivity index (χ4v) is 3.97. The number of carbonyl (C=O) groups is 2. The van der Waals surface area contributed by atoms with E-state index in [0.29, 0.717) is 18.7 Å². The van der Waals surface area contributed by atoms with Gasteiger partial charge in [-0.2, -0.15) is 0 Å². The number of rotatable bonds is 9. The number of pyridine rings is 1. The van der Waals surface area contributed by atoms with E-state index in [9.17, 15) is 14.0 Å². The maximum Gasteiger partial charge on any atom is 0.231 e. The van der Waals surface area contributed by atoms with Gasteiger partial charge in [0.2, 0.25) is 5.91 Å². The Bertz CT molecular complexity index is 1050. The largest absolute Gasteiger partial charge is 0.378 e. The molecule has 3 rings (SSSR count). The van der Waals surface area contributed by atoms with Gasteiger partial charge in [-0.1, -0.05) is 39.8 Å². The molecule has 0 radical (unpaired) electrons. The number of anilines is 1. The average molecular weight is 482 g/mol. The first-order chi connectivity index (χ1) is 16.7. The summed E-state index contributed by atoms with van der Waals surface area (Å²) in [6, 6.07) is 1.53. The van der Waals surface area contributed by atoms with Crippen LogP contribution in [0, 0.1) is 12.8 Å². The third kappa shape index (κ3) is 7.48. The Balaban J connectivity index is 0.00000210. The van der Waals surface area contributed by atoms with Crippen LogP contribution in [0.4, 0.5) is 10.2 Å². The number of aromatic nitrogens is 1. The van der Waals surface area contributed by atoms with Crippen LogP contribution in [-0.4, -0.2) is 28.9 Å². The molecule has 3 unspecified atom stereocenters. The van der Waals surface area contributed by atoms with E-state index >= 15 is 0 Å². The number of halogens is 1. The highest BCUT2D eigenvalue weighted by atomic mass is 19.1. The van der Waals surface area contributed by atoms with Gasteiger partial charge in [-0.15, -0.1) is 0 Å². The van der Waals surface area contributed by atoms with Crippen molar-refractivity contribution in [2.75, 3.05) is 5.32 Å². The molecule has 1 aromatic heterocycles. The minimum atomic E-state index is -1.03. The van der Waals surface area contributed by atoms with Crippen molar-refractivity contribution in [3.05, 3.63) is 64.0 Å². The maximum absolute atomic E-state index is 13.1. The van der Waals surface area contributed by atoms with Crippen LogP contribution < -0.4 is 10.6 Å². The monoisotopic (exact) mass is 481 g/mol. The van der Waals surface area contributed by atoms with Crippen molar-refractivity contribution in [1.82, 2.24) is 10.3 Å². The zero-order chi connectivity index (χ0) is 26.1. The van der Waals surface area contributed by atoms with Gasteiger partial charge in [0.15, 0.2) is 5.78 Å². The summed E-state index contributed by atoms with van der Waals surface area (Å²) in [4.78, 5) is 28.7. The Hall–Kier alpha value is -3.02. The number of dihydropyridines is 1. The normalized spacial score (nSPS) is 21.7. The molecule has 3 atom stereocenters. The molecule has 5 nitrogen and oxygen atoms in total. The SMILES string of the molecule is CC.CC/C=C(C)/C(=C\c1cnc(NC(=O)C2CC2F)cc1C)C1=CNC(C(=O)CCC)C=C1C. The summed E-state index contributed by atoms with van der Waals surface area (Å²) in [5, 5.41) is 5.97. The predicted molar refractivity (Wildman–Crippen MR) is 143 cm³/mol. The van der Waals surface area contributed by atoms with Crippen LogP contribution in [-0.2, 0) is 9.59 Å². The number of ketones is 1. The summed E-state index contributed by atoms with van der Waals surface area (Å²) < 4.78 is 13.1. The fourth-order valence-electron chi connectivity index (χ4n) is 3.97. The molecular weight excluding hydrogens is 441 g/mol. The molecule has 0 bridgehead atoms. The summed E-state index contributed by atoms with van der Waals surface area (Å²) in [6.45, 7) is 14.2. The lowest BCUT2D eigenvalue weighted by Gasteiger charge is -2.23. The second-order valence-corrected chi connectivity index (χ2v) is 8.90. The standard InChI is InChI=1S/C27H34FN3O2.C2H6/c1-6-8-16(3)20(22-15-29-24(10-18(22)5)25(32)9-7-2)12-19-14-30-26(11-17(19)4)31-27(33)21-13-23(21)28;1-2/h8,10-12,14-15,21,23-24,29H,6-7,9,13H2,1-5H3,(H,30,31,33);1-2H3/b16-8+,20-12+;. The first-order valence-corrected chi connectivity index (χ1v) is 12.7. The lowest BCUT2D eigenvalue weighted by Crippen LogP contribution is -2.34. The minimum absolute atomic E-state index is 0.196. The third-order valence-corrected chi connectivity index (χ3v) is 6.07. The van der Waals surface area contributed by atoms with Gasteiger partial charge in [-0.05, 0) is 80.0 Å². The summed E-state index contributed by atoms with van der Waals surface area (Å²) in [5.41, 5.74) is 6.17. The number of nitrogens with zero attached hydrogens (tertiary/aromatic N) is 1. The number of allylic oxidation sites excluding steroid dienone is 5. The quantitative estimate of drug-likeness (QED) is 0.389. The van der Waals surface area contributed by atoms with Crippen molar-refractivity contribution in [3.63, 3.8) is 0 Å². The van der Waals surface area contributed by atoms with Gasteiger partial charge in [-0.25, -0.2) is 9.37 Å². The summed E-state index contributed by atoms with van der Waals surface area (Å²) >= 11 is 0. The highest BCUT2D eigenvalue weighted by Crippen LogP contribution is 2.35. The number of alkyl halides is 1. The van der Waals surface area contributed by atoms with E-state index in [-0.39, 0.29) is 17.7 Å². The predicted octanol–water partition coefficient (Wildman–Crippen LogP) is 6.62. The topological polar surface area (TPSA) is 71.1 Å². The van der Waals surface area contributed by atoms with Gasteiger partial charge < -0.3 is 10.6 Å². The van der Waals surface area contributed by atoms with Crippen LogP contribution in [0.25, 0.3) is 6.08 Å². The Labute approximate surface area is 209 Å². The maximum atomic E-state index is 13.1. The van der Waals surface area contributed by atoms with Crippen LogP contribution in [0.2, 0.25) is 0 Å². The van der Waals surface area contributed by atoms with E-state index in [2.05, 4.69) is 41.6 Å². The average Bonchev–Trinajstić information content (AvgIpc) is 3.57. The summed E-state index contributed by atoms with van der Waals surface area (Å²) in [5.74, 6) is -0.232. The van der Waals surface area contributed by atoms with E-state index in [0.717, 1.165) is 46.3 Å². The number of nitrogens with one attached hydrogen (secondary N) is 2. The van der Waals surface area contributed by atoms with Crippen molar-refractivity contribution in [3.8, 4) is 0 Å². The highest BCUT2D eigenvalue weighted by Gasteiger charge is 2.43. The van der Waals surface area contributed by atoms with Gasteiger partial charge in [-0.3, -0.25) is 9.59 Å². The second-order valence-electron chi connectivity index (χ2n) is 8.90. The molecule has 1 amide bonds. The molecule has 190 valence electrons. The zero-order valence-corrected chi connectivity index (χ0v) is 22.2. The molecule has 1 fully saturated rings. The van der Waals surface area contributed by atoms with E-state index in [1.807, 2.05) is 53.0 Å². The van der Waals surface area contributed by atoms with Crippen molar-refractivity contribution < 1.29 is 14.0 Å². The molecule has 1 aromatic rings. The third-order valence-electron chi connectivity index (χ3n) is 6.07. The summed E-state index contributed by atoms with van der Waals surface area (Å²) in [6.07, 6.45) is 11.5. The molecule has 1 aliphatic carbocycles. The van der Waals surface area contributed by atoms with Gasteiger partial charge >= 0.3 is 0 Å². The van der Waals surface area contributed by atoms with Crippen LogP contribution in [0.15, 0.2) is 52.9 Å². The van der Waals surface area contributed by atoms with Gasteiger partial charge in [0.25, 0.3) is 0 Å². The molecule has 6 heteroatoms. The van der Waals surface area contributed by atoms with Crippen molar-refractivity contribution in [2.45, 2.75) is 86.4 Å². The lowest BCUT2D eigenvalue weighted by molar-refractivity contribution is -0.120. The number of hydrogen-bond donors (Lipinski definition) is 2. The van der Waals surface area contributed by atoms with Crippen molar-refractivity contribution in [1.29, 1.82) is 0 Å². The van der Waals surface area contributed by atoms with E-state index in [1.165, 1.54) is 0 Å². The van der Waals surface area contributed by atoms with E-state index < -0.39 is 12.1 Å². The first-order valence-electron chi connectivity index (χ1n) is 12.7. The molecular formula is C29H40FN3O2. The fraction of sp³-hybridized carbons (Fsp3) is 0.483. The molecule has 2 heterocycles. The number of aryl methyl sites for hydroxylation is 1. The van der Waals surface area contributed by atoms with Gasteiger partial charge in [0, 0.05) is 24.4 Å². The Morgan fingerprint density at radius 2 is 1.94 bits per heavy atom. The lowest BCUT2D eigenvalue weighted by atomic mass is 9.88. The number of amides is 1. The second kappa shape index (κ2) is 13.2. The molecule has 2 aliphatic rings. The minimum Gasteiger partial charge on any atom is -0.378 e. The molecule has 35 heavy (non-hydrogen) atoms. The smallest absolute Gasteiger partial charge is 0.231 e. The van der Waals surface area contributed by atoms with Gasteiger partial charge in [0.1, 0.15) is 18.0 Å². The molecule has 0 saturated heterocycles. The van der Waals surface area contributed by atoms with Gasteiger partial charge in [0.05, 0.1) is 5.92 Å². The van der Waals surface area contributed by atoms with Crippen LogP contribution in [0.5, 0.6) is 0 Å². The Morgan fingerprint density at radius 3 is 2.49 bits per heavy atom. The van der Waals surface area contributed by atoms with Crippen molar-refractivity contribution in [2.24, 2.45) is 5.92 Å². The Morgan fingerprint density at radius 1 is 1.26 bits per heavy atom. The first kappa shape index (κ1) is 28.2. The highest BCUT2D eigenvalue weighted by molar-refractivity contribution is 5.94. The summed E-state index contributed by atoms with van der Waals surface area (Å²) in [7, 11) is 0. The number of carbonyl (C=O) groups excluding carboxylic acids is 2. The zero-order valence-electron chi connectivity index (χ0n) is 22.2. The van der Waals surface area contributed by atoms with Crippen LogP contribution in [0.3, 0.4) is 0 Å². The molecule has 0 aromatic carbocycles. The van der Waals surface area contributed by atoms with Crippen LogP contribution >= 0.6 is 0 Å². The molecule has 0 spiro atoms. The Kier molecular flexibility index (Phi) is 10.6. The van der Waals surface area contributed by atoms with Crippen molar-refractivity contribution >= 4 is 23.6 Å². The van der Waals surface area contributed by atoms with E-state index in [4.69, 9.17) is 0 Å².